The first-order valence-electron chi connectivity index (χ1n) is 8.57. The molecule has 4 rings (SSSR count). The maximum Gasteiger partial charge on any atom is 0.137 e. The average Bonchev–Trinajstić information content (AvgIpc) is 3.04. The maximum atomic E-state index is 5.83. The molecule has 1 aromatic heterocycles. The summed E-state index contributed by atoms with van der Waals surface area (Å²) in [6, 6.07) is 10.4. The van der Waals surface area contributed by atoms with E-state index in [2.05, 4.69) is 36.2 Å². The van der Waals surface area contributed by atoms with Crippen molar-refractivity contribution < 1.29 is 9.47 Å². The van der Waals surface area contributed by atoms with Crippen molar-refractivity contribution in [2.24, 2.45) is 5.92 Å². The van der Waals surface area contributed by atoms with Gasteiger partial charge in [0.15, 0.2) is 0 Å². The molecule has 122 valence electrons. The third-order valence-electron chi connectivity index (χ3n) is 5.47. The lowest BCUT2D eigenvalue weighted by Crippen LogP contribution is -2.40. The van der Waals surface area contributed by atoms with Crippen LogP contribution in [0, 0.1) is 5.92 Å². The van der Waals surface area contributed by atoms with Crippen LogP contribution >= 0.6 is 0 Å². The topological polar surface area (TPSA) is 47.1 Å². The minimum absolute atomic E-state index is 0.0292. The Bertz CT molecular complexity index is 667. The molecule has 1 aliphatic heterocycles. The van der Waals surface area contributed by atoms with Gasteiger partial charge in [-0.2, -0.15) is 0 Å². The number of aromatic amines is 1. The zero-order valence-electron chi connectivity index (χ0n) is 13.7. The molecule has 2 aromatic rings. The van der Waals surface area contributed by atoms with Gasteiger partial charge in [-0.1, -0.05) is 37.3 Å². The number of imidazole rings is 1. The van der Waals surface area contributed by atoms with E-state index in [0.29, 0.717) is 19.1 Å². The Balaban J connectivity index is 1.73. The first-order valence-corrected chi connectivity index (χ1v) is 8.57. The van der Waals surface area contributed by atoms with Gasteiger partial charge in [0, 0.05) is 23.3 Å². The molecule has 0 spiro atoms. The van der Waals surface area contributed by atoms with Crippen molar-refractivity contribution in [2.45, 2.75) is 31.6 Å². The van der Waals surface area contributed by atoms with E-state index in [4.69, 9.17) is 14.5 Å². The second kappa shape index (κ2) is 6.10. The summed E-state index contributed by atoms with van der Waals surface area (Å²) >= 11 is 0. The third-order valence-corrected chi connectivity index (χ3v) is 5.47. The van der Waals surface area contributed by atoms with Crippen LogP contribution in [-0.2, 0) is 21.3 Å². The highest BCUT2D eigenvalue weighted by molar-refractivity contribution is 5.56. The van der Waals surface area contributed by atoms with Crippen LogP contribution in [0.3, 0.4) is 0 Å². The summed E-state index contributed by atoms with van der Waals surface area (Å²) in [5.41, 5.74) is 3.70. The van der Waals surface area contributed by atoms with Gasteiger partial charge in [-0.3, -0.25) is 0 Å². The second-order valence-electron chi connectivity index (χ2n) is 6.87. The van der Waals surface area contributed by atoms with Crippen LogP contribution in [-0.4, -0.2) is 36.4 Å². The molecule has 1 N–H and O–H groups in total. The fraction of sp³-hybridized carbons (Fsp3) is 0.526. The Morgan fingerprint density at radius 2 is 1.96 bits per heavy atom. The lowest BCUT2D eigenvalue weighted by Gasteiger charge is -2.40. The number of ether oxygens (including phenoxy) is 2. The molecule has 1 fully saturated rings. The molecule has 1 aliphatic carbocycles. The molecule has 2 heterocycles. The predicted octanol–water partition coefficient (Wildman–Crippen LogP) is 3.33. The van der Waals surface area contributed by atoms with Crippen molar-refractivity contribution in [3.8, 4) is 11.4 Å². The summed E-state index contributed by atoms with van der Waals surface area (Å²) in [6.45, 7) is 5.33. The van der Waals surface area contributed by atoms with E-state index in [1.165, 1.54) is 11.4 Å². The van der Waals surface area contributed by atoms with Gasteiger partial charge >= 0.3 is 0 Å². The van der Waals surface area contributed by atoms with Gasteiger partial charge < -0.3 is 14.5 Å². The van der Waals surface area contributed by atoms with Gasteiger partial charge in [-0.05, 0) is 25.2 Å². The summed E-state index contributed by atoms with van der Waals surface area (Å²) < 4.78 is 11.5. The van der Waals surface area contributed by atoms with Crippen molar-refractivity contribution in [3.63, 3.8) is 0 Å². The van der Waals surface area contributed by atoms with Crippen LogP contribution in [0.5, 0.6) is 0 Å². The van der Waals surface area contributed by atoms with Crippen molar-refractivity contribution in [1.29, 1.82) is 0 Å². The highest BCUT2D eigenvalue weighted by Gasteiger charge is 2.43. The molecule has 4 heteroatoms. The van der Waals surface area contributed by atoms with Crippen LogP contribution < -0.4 is 0 Å². The van der Waals surface area contributed by atoms with Crippen LogP contribution in [0.1, 0.15) is 31.2 Å². The minimum Gasteiger partial charge on any atom is -0.379 e. The Morgan fingerprint density at radius 3 is 2.83 bits per heavy atom. The molecule has 2 aliphatic rings. The van der Waals surface area contributed by atoms with Crippen molar-refractivity contribution in [2.75, 3.05) is 26.4 Å². The molecule has 1 aromatic carbocycles. The molecule has 23 heavy (non-hydrogen) atoms. The molecule has 0 unspecified atom stereocenters. The van der Waals surface area contributed by atoms with E-state index in [-0.39, 0.29) is 5.41 Å². The van der Waals surface area contributed by atoms with E-state index in [1.807, 2.05) is 6.07 Å². The van der Waals surface area contributed by atoms with Crippen LogP contribution in [0.4, 0.5) is 0 Å². The molecular weight excluding hydrogens is 288 g/mol. The number of aryl methyl sites for hydroxylation is 1. The molecule has 0 radical (unpaired) electrons. The summed E-state index contributed by atoms with van der Waals surface area (Å²) in [4.78, 5) is 8.58. The molecule has 0 amide bonds. The summed E-state index contributed by atoms with van der Waals surface area (Å²) in [5, 5.41) is 0. The van der Waals surface area contributed by atoms with Gasteiger partial charge in [-0.25, -0.2) is 4.98 Å². The highest BCUT2D eigenvalue weighted by Crippen LogP contribution is 2.44. The minimum atomic E-state index is 0.0292. The largest absolute Gasteiger partial charge is 0.379 e. The second-order valence-corrected chi connectivity index (χ2v) is 6.87. The number of H-pyrrole nitrogens is 1. The van der Waals surface area contributed by atoms with Crippen molar-refractivity contribution in [1.82, 2.24) is 9.97 Å². The van der Waals surface area contributed by atoms with E-state index < -0.39 is 0 Å². The van der Waals surface area contributed by atoms with E-state index in [9.17, 15) is 0 Å². The monoisotopic (exact) mass is 312 g/mol. The fourth-order valence-electron chi connectivity index (χ4n) is 3.95. The molecule has 0 saturated carbocycles. The number of hydrogen-bond donors (Lipinski definition) is 1. The number of hydrogen-bond acceptors (Lipinski definition) is 3. The van der Waals surface area contributed by atoms with Crippen LogP contribution in [0.25, 0.3) is 11.4 Å². The summed E-state index contributed by atoms with van der Waals surface area (Å²) in [7, 11) is 0. The Labute approximate surface area is 137 Å². The lowest BCUT2D eigenvalue weighted by molar-refractivity contribution is 0.0432. The predicted molar refractivity (Wildman–Crippen MR) is 89.4 cm³/mol. The first-order chi connectivity index (χ1) is 11.3. The summed E-state index contributed by atoms with van der Waals surface area (Å²) in [5.74, 6) is 1.50. The van der Waals surface area contributed by atoms with Crippen LogP contribution in [0.2, 0.25) is 0 Å². The van der Waals surface area contributed by atoms with Gasteiger partial charge in [-0.15, -0.1) is 0 Å². The van der Waals surface area contributed by atoms with Gasteiger partial charge in [0.1, 0.15) is 5.82 Å². The van der Waals surface area contributed by atoms with Gasteiger partial charge in [0.05, 0.1) is 25.5 Å². The third kappa shape index (κ3) is 2.70. The molecule has 4 nitrogen and oxygen atoms in total. The SMILES string of the molecule is C[C@]12CCOCCOC[C@@H]1CCc1[nH]c(-c3ccccc3)nc12. The Hall–Kier alpha value is -1.65. The zero-order valence-corrected chi connectivity index (χ0v) is 13.7. The normalized spacial score (nSPS) is 28.1. The van der Waals surface area contributed by atoms with Crippen LogP contribution in [0.15, 0.2) is 30.3 Å². The average molecular weight is 312 g/mol. The number of benzene rings is 1. The van der Waals surface area contributed by atoms with Crippen molar-refractivity contribution in [3.05, 3.63) is 41.7 Å². The molecular formula is C19H24N2O2. The molecule has 1 saturated heterocycles. The first kappa shape index (κ1) is 14.9. The van der Waals surface area contributed by atoms with Gasteiger partial charge in [0.25, 0.3) is 0 Å². The van der Waals surface area contributed by atoms with E-state index in [1.54, 1.807) is 0 Å². The van der Waals surface area contributed by atoms with E-state index >= 15 is 0 Å². The van der Waals surface area contributed by atoms with E-state index in [0.717, 1.165) is 43.9 Å². The number of rotatable bonds is 1. The lowest BCUT2D eigenvalue weighted by atomic mass is 9.66. The van der Waals surface area contributed by atoms with Crippen molar-refractivity contribution >= 4 is 0 Å². The number of nitrogens with zero attached hydrogens (tertiary/aromatic N) is 1. The number of nitrogens with one attached hydrogen (secondary N) is 1. The summed E-state index contributed by atoms with van der Waals surface area (Å²) in [6.07, 6.45) is 3.21. The van der Waals surface area contributed by atoms with Gasteiger partial charge in [0.2, 0.25) is 0 Å². The molecule has 2 atom stereocenters. The highest BCUT2D eigenvalue weighted by atomic mass is 16.5. The number of aromatic nitrogens is 2. The quantitative estimate of drug-likeness (QED) is 0.878. The standard InChI is InChI=1S/C19H24N2O2/c1-19-9-10-22-11-12-23-13-15(19)7-8-16-17(19)21-18(20-16)14-5-3-2-4-6-14/h2-6,15H,7-13H2,1H3,(H,20,21)/t15-,19-/m0/s1. The Kier molecular flexibility index (Phi) is 3.95. The number of fused-ring (bicyclic) bond motifs is 3. The zero-order chi connectivity index (χ0) is 15.7. The smallest absolute Gasteiger partial charge is 0.137 e. The maximum absolute atomic E-state index is 5.83. The Morgan fingerprint density at radius 1 is 1.13 bits per heavy atom. The molecule has 0 bridgehead atoms. The fourth-order valence-corrected chi connectivity index (χ4v) is 3.95.